The lowest BCUT2D eigenvalue weighted by Gasteiger charge is -2.17. The van der Waals surface area contributed by atoms with Gasteiger partial charge in [-0.15, -0.1) is 0 Å². The molecule has 1 atom stereocenters. The second-order valence-electron chi connectivity index (χ2n) is 2.67. The van der Waals surface area contributed by atoms with Crippen molar-refractivity contribution in [2.24, 2.45) is 0 Å². The van der Waals surface area contributed by atoms with Crippen LogP contribution in [0.3, 0.4) is 0 Å². The Kier molecular flexibility index (Phi) is 2.98. The minimum atomic E-state index is -4.45. The molecule has 0 saturated heterocycles. The lowest BCUT2D eigenvalue weighted by atomic mass is 10.3. The summed E-state index contributed by atoms with van der Waals surface area (Å²) in [6, 6.07) is -1.88. The minimum Gasteiger partial charge on any atom is -0.286 e. The number of halogens is 4. The Morgan fingerprint density at radius 1 is 1.57 bits per heavy atom. The second-order valence-corrected chi connectivity index (χ2v) is 3.53. The van der Waals surface area contributed by atoms with Gasteiger partial charge in [0.15, 0.2) is 0 Å². The van der Waals surface area contributed by atoms with E-state index in [-0.39, 0.29) is 4.47 Å². The van der Waals surface area contributed by atoms with E-state index < -0.39 is 17.8 Å². The molecule has 0 unspecified atom stereocenters. The number of aromatic nitrogens is 2. The van der Waals surface area contributed by atoms with Gasteiger partial charge in [0.1, 0.15) is 10.5 Å². The van der Waals surface area contributed by atoms with Crippen LogP contribution < -0.4 is 5.56 Å². The van der Waals surface area contributed by atoms with Gasteiger partial charge in [0, 0.05) is 6.20 Å². The summed E-state index contributed by atoms with van der Waals surface area (Å²) in [4.78, 5) is 14.7. The highest BCUT2D eigenvalue weighted by Crippen LogP contribution is 2.28. The fourth-order valence-electron chi connectivity index (χ4n) is 0.835. The highest BCUT2D eigenvalue weighted by Gasteiger charge is 2.38. The van der Waals surface area contributed by atoms with Crippen LogP contribution in [0.5, 0.6) is 0 Å². The summed E-state index contributed by atoms with van der Waals surface area (Å²) >= 11 is 2.82. The summed E-state index contributed by atoms with van der Waals surface area (Å²) in [5.74, 6) is 0. The molecule has 0 aromatic carbocycles. The Balaban J connectivity index is 3.21. The average molecular weight is 271 g/mol. The second kappa shape index (κ2) is 3.72. The molecule has 0 fully saturated rings. The van der Waals surface area contributed by atoms with Crippen molar-refractivity contribution in [3.8, 4) is 0 Å². The Bertz CT molecular complexity index is 387. The van der Waals surface area contributed by atoms with Gasteiger partial charge in [-0.3, -0.25) is 9.36 Å². The van der Waals surface area contributed by atoms with Crippen LogP contribution in [0.15, 0.2) is 21.8 Å². The highest BCUT2D eigenvalue weighted by atomic mass is 79.9. The molecule has 1 aromatic heterocycles. The number of hydrogen-bond acceptors (Lipinski definition) is 2. The van der Waals surface area contributed by atoms with Gasteiger partial charge < -0.3 is 0 Å². The fourth-order valence-corrected chi connectivity index (χ4v) is 1.16. The lowest BCUT2D eigenvalue weighted by molar-refractivity contribution is -0.163. The Labute approximate surface area is 85.7 Å². The van der Waals surface area contributed by atoms with Gasteiger partial charge in [-0.25, -0.2) is 4.98 Å². The molecule has 0 amide bonds. The van der Waals surface area contributed by atoms with Gasteiger partial charge in [-0.1, -0.05) is 0 Å². The maximum absolute atomic E-state index is 12.2. The molecule has 0 saturated carbocycles. The van der Waals surface area contributed by atoms with Crippen molar-refractivity contribution in [1.29, 1.82) is 0 Å². The van der Waals surface area contributed by atoms with Crippen molar-refractivity contribution >= 4 is 15.9 Å². The molecule has 0 aliphatic rings. The first kappa shape index (κ1) is 11.2. The third-order valence-corrected chi connectivity index (χ3v) is 2.25. The smallest absolute Gasteiger partial charge is 0.286 e. The largest absolute Gasteiger partial charge is 0.409 e. The Morgan fingerprint density at radius 2 is 2.14 bits per heavy atom. The van der Waals surface area contributed by atoms with Crippen molar-refractivity contribution in [3.63, 3.8) is 0 Å². The van der Waals surface area contributed by atoms with E-state index in [0.29, 0.717) is 4.57 Å². The van der Waals surface area contributed by atoms with E-state index in [1.54, 1.807) is 0 Å². The third kappa shape index (κ3) is 2.14. The van der Waals surface area contributed by atoms with Gasteiger partial charge in [0.2, 0.25) is 0 Å². The predicted octanol–water partition coefficient (Wildman–Crippen LogP) is 2.13. The molecule has 1 aromatic rings. The first-order valence-corrected chi connectivity index (χ1v) is 4.41. The van der Waals surface area contributed by atoms with Gasteiger partial charge >= 0.3 is 6.18 Å². The van der Waals surface area contributed by atoms with Crippen LogP contribution in [0.4, 0.5) is 13.2 Å². The summed E-state index contributed by atoms with van der Waals surface area (Å²) in [6.07, 6.45) is -2.43. The van der Waals surface area contributed by atoms with Crippen molar-refractivity contribution in [2.75, 3.05) is 0 Å². The molecule has 0 aliphatic heterocycles. The SMILES string of the molecule is C[C@H](n1cncc(Br)c1=O)C(F)(F)F. The van der Waals surface area contributed by atoms with Crippen molar-refractivity contribution < 1.29 is 13.2 Å². The molecule has 0 spiro atoms. The first-order chi connectivity index (χ1) is 6.34. The van der Waals surface area contributed by atoms with E-state index >= 15 is 0 Å². The maximum Gasteiger partial charge on any atom is 0.409 e. The molecule has 0 aliphatic carbocycles. The maximum atomic E-state index is 12.2. The lowest BCUT2D eigenvalue weighted by Crippen LogP contribution is -2.32. The number of nitrogens with zero attached hydrogens (tertiary/aromatic N) is 2. The van der Waals surface area contributed by atoms with Crippen molar-refractivity contribution in [2.45, 2.75) is 19.1 Å². The summed E-state index contributed by atoms with van der Waals surface area (Å²) in [7, 11) is 0. The number of alkyl halides is 3. The molecule has 7 heteroatoms. The van der Waals surface area contributed by atoms with Crippen LogP contribution in [-0.4, -0.2) is 15.7 Å². The fraction of sp³-hybridized carbons (Fsp3) is 0.429. The van der Waals surface area contributed by atoms with Crippen LogP contribution >= 0.6 is 15.9 Å². The van der Waals surface area contributed by atoms with Crippen molar-refractivity contribution in [1.82, 2.24) is 9.55 Å². The summed E-state index contributed by atoms with van der Waals surface area (Å²) in [5, 5.41) is 0. The third-order valence-electron chi connectivity index (χ3n) is 1.71. The van der Waals surface area contributed by atoms with Crippen LogP contribution in [0.1, 0.15) is 13.0 Å². The van der Waals surface area contributed by atoms with Crippen LogP contribution in [0, 0.1) is 0 Å². The predicted molar refractivity (Wildman–Crippen MR) is 47.0 cm³/mol. The molecule has 78 valence electrons. The van der Waals surface area contributed by atoms with E-state index in [2.05, 4.69) is 20.9 Å². The standard InChI is InChI=1S/C7H6BrF3N2O/c1-4(7(9,10)11)13-3-12-2-5(8)6(13)14/h2-4H,1H3/t4-/m0/s1. The molecule has 3 nitrogen and oxygen atoms in total. The quantitative estimate of drug-likeness (QED) is 0.784. The van der Waals surface area contributed by atoms with Gasteiger partial charge in [-0.05, 0) is 22.9 Å². The summed E-state index contributed by atoms with van der Waals surface area (Å²) < 4.78 is 37.3. The monoisotopic (exact) mass is 270 g/mol. The zero-order valence-electron chi connectivity index (χ0n) is 7.05. The zero-order valence-corrected chi connectivity index (χ0v) is 8.63. The van der Waals surface area contributed by atoms with Gasteiger partial charge in [0.25, 0.3) is 5.56 Å². The Morgan fingerprint density at radius 3 is 2.64 bits per heavy atom. The molecule has 0 bridgehead atoms. The van der Waals surface area contributed by atoms with E-state index in [0.717, 1.165) is 19.4 Å². The van der Waals surface area contributed by atoms with Gasteiger partial charge in [-0.2, -0.15) is 13.2 Å². The molecular weight excluding hydrogens is 265 g/mol. The number of rotatable bonds is 1. The normalized spacial score (nSPS) is 14.1. The summed E-state index contributed by atoms with van der Waals surface area (Å²) in [5.41, 5.74) is -0.746. The number of hydrogen-bond donors (Lipinski definition) is 0. The molecule has 1 heterocycles. The van der Waals surface area contributed by atoms with E-state index in [9.17, 15) is 18.0 Å². The van der Waals surface area contributed by atoms with Crippen LogP contribution in [0.2, 0.25) is 0 Å². The molecule has 0 radical (unpaired) electrons. The van der Waals surface area contributed by atoms with Gasteiger partial charge in [0.05, 0.1) is 6.33 Å². The van der Waals surface area contributed by atoms with E-state index in [1.807, 2.05) is 0 Å². The average Bonchev–Trinajstić information content (AvgIpc) is 2.07. The van der Waals surface area contributed by atoms with Crippen LogP contribution in [0.25, 0.3) is 0 Å². The van der Waals surface area contributed by atoms with E-state index in [4.69, 9.17) is 0 Å². The zero-order chi connectivity index (χ0) is 10.9. The molecular formula is C7H6BrF3N2O. The molecule has 0 N–H and O–H groups in total. The first-order valence-electron chi connectivity index (χ1n) is 3.62. The minimum absolute atomic E-state index is 0.0103. The highest BCUT2D eigenvalue weighted by molar-refractivity contribution is 9.10. The van der Waals surface area contributed by atoms with Crippen molar-refractivity contribution in [3.05, 3.63) is 27.4 Å². The topological polar surface area (TPSA) is 34.9 Å². The van der Waals surface area contributed by atoms with E-state index in [1.165, 1.54) is 0 Å². The molecule has 1 rings (SSSR count). The van der Waals surface area contributed by atoms with Crippen LogP contribution in [-0.2, 0) is 0 Å². The molecule has 14 heavy (non-hydrogen) atoms. The summed E-state index contributed by atoms with van der Waals surface area (Å²) in [6.45, 7) is 0.898. The Hall–Kier alpha value is -0.850.